The van der Waals surface area contributed by atoms with Crippen molar-refractivity contribution < 1.29 is 9.18 Å². The molecule has 5 heteroatoms. The molecular formula is C12H16BrFN2O. The van der Waals surface area contributed by atoms with Gasteiger partial charge in [-0.05, 0) is 55.1 Å². The van der Waals surface area contributed by atoms with Crippen LogP contribution in [0, 0.1) is 5.82 Å². The number of nitrogens with one attached hydrogen (secondary N) is 1. The number of likely N-dealkylation sites (N-methyl/N-ethyl adjacent to an activating group) is 1. The fraction of sp³-hybridized carbons (Fsp3) is 0.417. The Morgan fingerprint density at radius 1 is 1.53 bits per heavy atom. The number of carbonyl (C=O) groups excluding carboxylic acids is 1. The first kappa shape index (κ1) is 14.1. The van der Waals surface area contributed by atoms with E-state index in [9.17, 15) is 9.18 Å². The molecule has 0 spiro atoms. The van der Waals surface area contributed by atoms with Crippen molar-refractivity contribution in [2.75, 3.05) is 20.6 Å². The van der Waals surface area contributed by atoms with Crippen LogP contribution in [-0.2, 0) is 0 Å². The molecule has 1 rings (SSSR count). The topological polar surface area (TPSA) is 32.3 Å². The zero-order valence-corrected chi connectivity index (χ0v) is 11.7. The van der Waals surface area contributed by atoms with Gasteiger partial charge in [-0.15, -0.1) is 0 Å². The molecule has 1 amide bonds. The van der Waals surface area contributed by atoms with Gasteiger partial charge >= 0.3 is 0 Å². The van der Waals surface area contributed by atoms with Gasteiger partial charge in [-0.25, -0.2) is 4.39 Å². The Morgan fingerprint density at radius 3 is 2.71 bits per heavy atom. The van der Waals surface area contributed by atoms with Crippen LogP contribution in [0.25, 0.3) is 0 Å². The Bertz CT molecular complexity index is 409. The summed E-state index contributed by atoms with van der Waals surface area (Å²) in [6, 6.07) is 4.36. The van der Waals surface area contributed by atoms with Gasteiger partial charge in [0.25, 0.3) is 5.91 Å². The predicted octanol–water partition coefficient (Wildman–Crippen LogP) is 2.27. The molecule has 94 valence electrons. The van der Waals surface area contributed by atoms with Crippen LogP contribution in [-0.4, -0.2) is 37.5 Å². The predicted molar refractivity (Wildman–Crippen MR) is 69.6 cm³/mol. The van der Waals surface area contributed by atoms with Crippen molar-refractivity contribution >= 4 is 21.8 Å². The van der Waals surface area contributed by atoms with Gasteiger partial charge in [-0.2, -0.15) is 0 Å². The van der Waals surface area contributed by atoms with E-state index in [1.807, 2.05) is 25.9 Å². The molecule has 17 heavy (non-hydrogen) atoms. The number of rotatable bonds is 4. The molecule has 0 saturated carbocycles. The lowest BCUT2D eigenvalue weighted by atomic mass is 10.2. The molecule has 0 bridgehead atoms. The molecule has 1 aromatic rings. The minimum atomic E-state index is -0.432. The van der Waals surface area contributed by atoms with Gasteiger partial charge in [-0.1, -0.05) is 0 Å². The Kier molecular flexibility index (Phi) is 5.08. The largest absolute Gasteiger partial charge is 0.348 e. The summed E-state index contributed by atoms with van der Waals surface area (Å²) in [7, 11) is 3.86. The molecule has 0 heterocycles. The number of amides is 1. The monoisotopic (exact) mass is 302 g/mol. The van der Waals surface area contributed by atoms with E-state index in [2.05, 4.69) is 21.2 Å². The molecular weight excluding hydrogens is 287 g/mol. The van der Waals surface area contributed by atoms with Crippen molar-refractivity contribution in [3.63, 3.8) is 0 Å². The average Bonchev–Trinajstić information content (AvgIpc) is 2.20. The standard InChI is InChI=1S/C12H16BrFN2O/c1-8(7-16(2)3)15-12(17)9-4-5-10(13)11(14)6-9/h4-6,8H,7H2,1-3H3,(H,15,17). The molecule has 0 aromatic heterocycles. The summed E-state index contributed by atoms with van der Waals surface area (Å²) in [5.74, 6) is -0.691. The highest BCUT2D eigenvalue weighted by Gasteiger charge is 2.11. The number of carbonyl (C=O) groups is 1. The van der Waals surface area contributed by atoms with Crippen LogP contribution in [0.3, 0.4) is 0 Å². The Morgan fingerprint density at radius 2 is 2.18 bits per heavy atom. The normalized spacial score (nSPS) is 12.6. The van der Waals surface area contributed by atoms with Crippen molar-refractivity contribution in [2.45, 2.75) is 13.0 Å². The van der Waals surface area contributed by atoms with Crippen molar-refractivity contribution in [2.24, 2.45) is 0 Å². The second-order valence-corrected chi connectivity index (χ2v) is 5.12. The van der Waals surface area contributed by atoms with Gasteiger partial charge in [-0.3, -0.25) is 4.79 Å². The number of benzene rings is 1. The lowest BCUT2D eigenvalue weighted by Crippen LogP contribution is -2.39. The van der Waals surface area contributed by atoms with Gasteiger partial charge in [0, 0.05) is 18.2 Å². The van der Waals surface area contributed by atoms with Crippen LogP contribution in [0.5, 0.6) is 0 Å². The molecule has 3 nitrogen and oxygen atoms in total. The maximum atomic E-state index is 13.3. The first-order valence-corrected chi connectivity index (χ1v) is 6.10. The first-order chi connectivity index (χ1) is 7.90. The summed E-state index contributed by atoms with van der Waals surface area (Å²) in [6.45, 7) is 2.65. The quantitative estimate of drug-likeness (QED) is 0.925. The van der Waals surface area contributed by atoms with Crippen LogP contribution in [0.1, 0.15) is 17.3 Å². The summed E-state index contributed by atoms with van der Waals surface area (Å²) >= 11 is 3.05. The minimum absolute atomic E-state index is 0.0178. The number of hydrogen-bond donors (Lipinski definition) is 1. The average molecular weight is 303 g/mol. The highest BCUT2D eigenvalue weighted by molar-refractivity contribution is 9.10. The summed E-state index contributed by atoms with van der Waals surface area (Å²) in [4.78, 5) is 13.8. The molecule has 0 aliphatic rings. The van der Waals surface area contributed by atoms with Gasteiger partial charge in [0.05, 0.1) is 4.47 Å². The number of nitrogens with zero attached hydrogens (tertiary/aromatic N) is 1. The SMILES string of the molecule is CC(CN(C)C)NC(=O)c1ccc(Br)c(F)c1. The second-order valence-electron chi connectivity index (χ2n) is 4.27. The third-order valence-electron chi connectivity index (χ3n) is 2.20. The van der Waals surface area contributed by atoms with Gasteiger partial charge < -0.3 is 10.2 Å². The zero-order chi connectivity index (χ0) is 13.0. The van der Waals surface area contributed by atoms with Crippen molar-refractivity contribution in [1.29, 1.82) is 0 Å². The van der Waals surface area contributed by atoms with E-state index in [-0.39, 0.29) is 11.9 Å². The Labute approximate surface area is 109 Å². The van der Waals surface area contributed by atoms with Crippen LogP contribution in [0.15, 0.2) is 22.7 Å². The molecule has 0 radical (unpaired) electrons. The van der Waals surface area contributed by atoms with Crippen molar-refractivity contribution in [3.05, 3.63) is 34.1 Å². The van der Waals surface area contributed by atoms with E-state index in [4.69, 9.17) is 0 Å². The van der Waals surface area contributed by atoms with E-state index in [0.717, 1.165) is 6.54 Å². The third-order valence-corrected chi connectivity index (χ3v) is 2.84. The Hall–Kier alpha value is -0.940. The third kappa shape index (κ3) is 4.44. The Balaban J connectivity index is 2.66. The molecule has 1 aromatic carbocycles. The van der Waals surface area contributed by atoms with Crippen LogP contribution < -0.4 is 5.32 Å². The zero-order valence-electron chi connectivity index (χ0n) is 10.1. The summed E-state index contributed by atoms with van der Waals surface area (Å²) in [5, 5.41) is 2.81. The van der Waals surface area contributed by atoms with Crippen LogP contribution in [0.4, 0.5) is 4.39 Å². The number of hydrogen-bond acceptors (Lipinski definition) is 2. The second kappa shape index (κ2) is 6.12. The molecule has 0 fully saturated rings. The number of halogens is 2. The molecule has 0 aliphatic heterocycles. The molecule has 1 unspecified atom stereocenters. The summed E-state index contributed by atoms with van der Waals surface area (Å²) in [5.41, 5.74) is 0.330. The maximum absolute atomic E-state index is 13.3. The highest BCUT2D eigenvalue weighted by Crippen LogP contribution is 2.16. The highest BCUT2D eigenvalue weighted by atomic mass is 79.9. The van der Waals surface area contributed by atoms with Gasteiger partial charge in [0.1, 0.15) is 5.82 Å². The first-order valence-electron chi connectivity index (χ1n) is 5.31. The van der Waals surface area contributed by atoms with Gasteiger partial charge in [0.15, 0.2) is 0 Å². The van der Waals surface area contributed by atoms with Crippen LogP contribution >= 0.6 is 15.9 Å². The van der Waals surface area contributed by atoms with E-state index >= 15 is 0 Å². The summed E-state index contributed by atoms with van der Waals surface area (Å²) < 4.78 is 13.6. The van der Waals surface area contributed by atoms with E-state index in [0.29, 0.717) is 10.0 Å². The summed E-state index contributed by atoms with van der Waals surface area (Å²) in [6.07, 6.45) is 0. The smallest absolute Gasteiger partial charge is 0.251 e. The fourth-order valence-electron chi connectivity index (χ4n) is 1.54. The van der Waals surface area contributed by atoms with E-state index < -0.39 is 5.82 Å². The van der Waals surface area contributed by atoms with Crippen molar-refractivity contribution in [3.8, 4) is 0 Å². The lowest BCUT2D eigenvalue weighted by Gasteiger charge is -2.18. The van der Waals surface area contributed by atoms with Crippen LogP contribution in [0.2, 0.25) is 0 Å². The molecule has 0 saturated heterocycles. The van der Waals surface area contributed by atoms with E-state index in [1.165, 1.54) is 12.1 Å². The van der Waals surface area contributed by atoms with E-state index in [1.54, 1.807) is 6.07 Å². The maximum Gasteiger partial charge on any atom is 0.251 e. The molecule has 1 atom stereocenters. The van der Waals surface area contributed by atoms with Crippen molar-refractivity contribution in [1.82, 2.24) is 10.2 Å². The van der Waals surface area contributed by atoms with Gasteiger partial charge in [0.2, 0.25) is 0 Å². The lowest BCUT2D eigenvalue weighted by molar-refractivity contribution is 0.0934. The molecule has 1 N–H and O–H groups in total. The minimum Gasteiger partial charge on any atom is -0.348 e. The molecule has 0 aliphatic carbocycles. The fourth-order valence-corrected chi connectivity index (χ4v) is 1.78.